The van der Waals surface area contributed by atoms with Crippen LogP contribution in [0.4, 0.5) is 0 Å². The molecule has 0 saturated carbocycles. The van der Waals surface area contributed by atoms with Gasteiger partial charge in [-0.3, -0.25) is 4.99 Å². The van der Waals surface area contributed by atoms with Crippen molar-refractivity contribution in [3.05, 3.63) is 45.7 Å². The molecule has 1 atom stereocenters. The number of aliphatic imine (C=N–C) groups is 1. The summed E-state index contributed by atoms with van der Waals surface area (Å²) in [6.45, 7) is 6.22. The average molecular weight is 279 g/mol. The highest BCUT2D eigenvalue weighted by molar-refractivity contribution is 8.05. The van der Waals surface area contributed by atoms with Crippen molar-refractivity contribution in [2.75, 3.05) is 12.5 Å². The minimum Gasteiger partial charge on any atom is -0.281 e. The van der Waals surface area contributed by atoms with E-state index in [0.717, 1.165) is 5.71 Å². The standard InChI is InChI=1S/C15H21NS2/c1-11(2)16-15(14(18-5)10-17-4)13-8-6-12(3)7-9-13/h6-10,15H,1-5H3/b14-10-. The van der Waals surface area contributed by atoms with Crippen molar-refractivity contribution in [1.29, 1.82) is 0 Å². The Bertz CT molecular complexity index is 428. The molecule has 0 aliphatic rings. The Labute approximate surface area is 119 Å². The largest absolute Gasteiger partial charge is 0.281 e. The third-order valence-corrected chi connectivity index (χ3v) is 3.97. The molecule has 0 heterocycles. The highest BCUT2D eigenvalue weighted by Gasteiger charge is 2.14. The third kappa shape index (κ3) is 4.54. The van der Waals surface area contributed by atoms with Crippen molar-refractivity contribution in [3.8, 4) is 0 Å². The van der Waals surface area contributed by atoms with Gasteiger partial charge in [-0.25, -0.2) is 0 Å². The fourth-order valence-electron chi connectivity index (χ4n) is 1.65. The van der Waals surface area contributed by atoms with Gasteiger partial charge in [0.05, 0.1) is 0 Å². The van der Waals surface area contributed by atoms with E-state index < -0.39 is 0 Å². The SMILES string of the molecule is CS/C=C(\SC)C(N=C(C)C)c1ccc(C)cc1. The molecule has 18 heavy (non-hydrogen) atoms. The Morgan fingerprint density at radius 3 is 2.22 bits per heavy atom. The summed E-state index contributed by atoms with van der Waals surface area (Å²) >= 11 is 3.51. The van der Waals surface area contributed by atoms with Crippen molar-refractivity contribution < 1.29 is 0 Å². The lowest BCUT2D eigenvalue weighted by Gasteiger charge is -2.16. The summed E-state index contributed by atoms with van der Waals surface area (Å²) in [6, 6.07) is 8.80. The van der Waals surface area contributed by atoms with Crippen LogP contribution in [-0.4, -0.2) is 18.2 Å². The van der Waals surface area contributed by atoms with Gasteiger partial charge in [-0.1, -0.05) is 29.8 Å². The van der Waals surface area contributed by atoms with E-state index >= 15 is 0 Å². The quantitative estimate of drug-likeness (QED) is 0.696. The zero-order chi connectivity index (χ0) is 13.5. The highest BCUT2D eigenvalue weighted by atomic mass is 32.2. The first-order valence-corrected chi connectivity index (χ1v) is 8.44. The van der Waals surface area contributed by atoms with E-state index in [1.165, 1.54) is 16.0 Å². The Balaban J connectivity index is 3.16. The fraction of sp³-hybridized carbons (Fsp3) is 0.400. The van der Waals surface area contributed by atoms with Crippen LogP contribution in [0.5, 0.6) is 0 Å². The van der Waals surface area contributed by atoms with Crippen LogP contribution in [0, 0.1) is 6.92 Å². The predicted octanol–water partition coefficient (Wildman–Crippen LogP) is 5.08. The first-order chi connectivity index (χ1) is 8.58. The number of nitrogens with zero attached hydrogens (tertiary/aromatic N) is 1. The molecule has 0 spiro atoms. The zero-order valence-electron chi connectivity index (χ0n) is 11.7. The van der Waals surface area contributed by atoms with Crippen molar-refractivity contribution in [2.24, 2.45) is 4.99 Å². The van der Waals surface area contributed by atoms with Crippen molar-refractivity contribution >= 4 is 29.2 Å². The molecule has 0 radical (unpaired) electrons. The van der Waals surface area contributed by atoms with Gasteiger partial charge in [-0.05, 0) is 44.3 Å². The molecule has 0 fully saturated rings. The van der Waals surface area contributed by atoms with Crippen LogP contribution in [0.3, 0.4) is 0 Å². The van der Waals surface area contributed by atoms with E-state index in [4.69, 9.17) is 4.99 Å². The number of hydrogen-bond donors (Lipinski definition) is 0. The zero-order valence-corrected chi connectivity index (χ0v) is 13.4. The molecular weight excluding hydrogens is 258 g/mol. The lowest BCUT2D eigenvalue weighted by Crippen LogP contribution is -2.00. The van der Waals surface area contributed by atoms with Gasteiger partial charge in [-0.2, -0.15) is 0 Å². The van der Waals surface area contributed by atoms with Crippen LogP contribution >= 0.6 is 23.5 Å². The van der Waals surface area contributed by atoms with E-state index in [1.807, 2.05) is 0 Å². The van der Waals surface area contributed by atoms with Gasteiger partial charge >= 0.3 is 0 Å². The number of rotatable bonds is 5. The van der Waals surface area contributed by atoms with Crippen molar-refractivity contribution in [1.82, 2.24) is 0 Å². The molecule has 1 rings (SSSR count). The van der Waals surface area contributed by atoms with Crippen LogP contribution in [0.2, 0.25) is 0 Å². The Morgan fingerprint density at radius 2 is 1.78 bits per heavy atom. The molecule has 1 nitrogen and oxygen atoms in total. The van der Waals surface area contributed by atoms with Crippen LogP contribution in [0.25, 0.3) is 0 Å². The maximum absolute atomic E-state index is 4.78. The van der Waals surface area contributed by atoms with Gasteiger partial charge in [-0.15, -0.1) is 23.5 Å². The van der Waals surface area contributed by atoms with Gasteiger partial charge in [0.2, 0.25) is 0 Å². The monoisotopic (exact) mass is 279 g/mol. The maximum atomic E-state index is 4.78. The van der Waals surface area contributed by atoms with Crippen molar-refractivity contribution in [2.45, 2.75) is 26.8 Å². The van der Waals surface area contributed by atoms with Gasteiger partial charge in [0, 0.05) is 10.6 Å². The van der Waals surface area contributed by atoms with E-state index in [-0.39, 0.29) is 6.04 Å². The second-order valence-electron chi connectivity index (χ2n) is 4.35. The van der Waals surface area contributed by atoms with Gasteiger partial charge in [0.1, 0.15) is 6.04 Å². The molecule has 3 heteroatoms. The lowest BCUT2D eigenvalue weighted by atomic mass is 10.1. The third-order valence-electron chi connectivity index (χ3n) is 2.52. The van der Waals surface area contributed by atoms with E-state index in [2.05, 4.69) is 63.0 Å². The normalized spacial score (nSPS) is 13.3. The minimum absolute atomic E-state index is 0.137. The lowest BCUT2D eigenvalue weighted by molar-refractivity contribution is 0.896. The van der Waals surface area contributed by atoms with Gasteiger partial charge in [0.25, 0.3) is 0 Å². The van der Waals surface area contributed by atoms with Crippen molar-refractivity contribution in [3.63, 3.8) is 0 Å². The molecule has 1 aromatic carbocycles. The number of thioether (sulfide) groups is 2. The molecule has 1 unspecified atom stereocenters. The summed E-state index contributed by atoms with van der Waals surface area (Å²) in [6.07, 6.45) is 4.20. The Kier molecular flexibility index (Phi) is 6.58. The molecule has 0 saturated heterocycles. The second kappa shape index (κ2) is 7.70. The maximum Gasteiger partial charge on any atom is 0.106 e. The average Bonchev–Trinajstić information content (AvgIpc) is 2.34. The molecule has 0 amide bonds. The number of hydrogen-bond acceptors (Lipinski definition) is 3. The van der Waals surface area contributed by atoms with E-state index in [9.17, 15) is 0 Å². The smallest absolute Gasteiger partial charge is 0.106 e. The molecule has 0 N–H and O–H groups in total. The molecule has 98 valence electrons. The summed E-state index contributed by atoms with van der Waals surface area (Å²) < 4.78 is 0. The second-order valence-corrected chi connectivity index (χ2v) is 5.94. The van der Waals surface area contributed by atoms with Gasteiger partial charge < -0.3 is 0 Å². The Hall–Kier alpha value is -0.670. The summed E-state index contributed by atoms with van der Waals surface area (Å²) in [5, 5.41) is 2.20. The van der Waals surface area contributed by atoms with Crippen LogP contribution in [-0.2, 0) is 0 Å². The van der Waals surface area contributed by atoms with Crippen LogP contribution in [0.1, 0.15) is 31.0 Å². The number of aryl methyl sites for hydroxylation is 1. The fourth-order valence-corrected chi connectivity index (χ4v) is 3.10. The summed E-state index contributed by atoms with van der Waals surface area (Å²) in [5.41, 5.74) is 3.66. The Morgan fingerprint density at radius 1 is 1.17 bits per heavy atom. The molecule has 0 aromatic heterocycles. The summed E-state index contributed by atoms with van der Waals surface area (Å²) in [5.74, 6) is 0. The first kappa shape index (κ1) is 15.4. The molecule has 0 aliphatic carbocycles. The van der Waals surface area contributed by atoms with E-state index in [1.54, 1.807) is 23.5 Å². The highest BCUT2D eigenvalue weighted by Crippen LogP contribution is 2.34. The predicted molar refractivity (Wildman–Crippen MR) is 87.8 cm³/mol. The van der Waals surface area contributed by atoms with Crippen LogP contribution < -0.4 is 0 Å². The molecule has 1 aromatic rings. The summed E-state index contributed by atoms with van der Waals surface area (Å²) in [7, 11) is 0. The molecule has 0 bridgehead atoms. The van der Waals surface area contributed by atoms with Crippen LogP contribution in [0.15, 0.2) is 39.6 Å². The van der Waals surface area contributed by atoms with E-state index in [0.29, 0.717) is 0 Å². The molecule has 0 aliphatic heterocycles. The molecular formula is C15H21NS2. The minimum atomic E-state index is 0.137. The topological polar surface area (TPSA) is 12.4 Å². The summed E-state index contributed by atoms with van der Waals surface area (Å²) in [4.78, 5) is 6.08. The first-order valence-electron chi connectivity index (χ1n) is 5.93. The number of benzene rings is 1. The van der Waals surface area contributed by atoms with Gasteiger partial charge in [0.15, 0.2) is 0 Å².